The molecule has 13 N–H and O–H groups in total. The summed E-state index contributed by atoms with van der Waals surface area (Å²) in [5.41, 5.74) is 0.788. The molecule has 2 rings (SSSR count). The van der Waals surface area contributed by atoms with E-state index in [0.29, 0.717) is 11.4 Å². The summed E-state index contributed by atoms with van der Waals surface area (Å²) in [5, 5.41) is 119. The summed E-state index contributed by atoms with van der Waals surface area (Å²) in [4.78, 5) is 60.1. The van der Waals surface area contributed by atoms with Crippen LogP contribution in [-0.2, 0) is 32.3 Å². The van der Waals surface area contributed by atoms with Gasteiger partial charge in [-0.1, -0.05) is 6.07 Å². The molecule has 1 aromatic heterocycles. The Hall–Kier alpha value is -3.29. The molecule has 1 aliphatic heterocycles. The number of carboxylic acids is 2. The van der Waals surface area contributed by atoms with Crippen molar-refractivity contribution in [2.75, 3.05) is 53.0 Å². The predicted octanol–water partition coefficient (Wildman–Crippen LogP) is -6.35. The number of rotatable bonds is 21. The molecule has 0 saturated carbocycles. The highest BCUT2D eigenvalue weighted by Gasteiger charge is 2.34. The van der Waals surface area contributed by atoms with Gasteiger partial charge >= 0.3 is 11.9 Å². The molecule has 308 valence electrons. The molecule has 21 heteroatoms. The van der Waals surface area contributed by atoms with E-state index in [1.54, 1.807) is 35.0 Å². The predicted molar refractivity (Wildman–Crippen MR) is 184 cm³/mol. The van der Waals surface area contributed by atoms with Crippen LogP contribution in [0.4, 0.5) is 0 Å². The van der Waals surface area contributed by atoms with Gasteiger partial charge in [-0.15, -0.1) is 0 Å². The van der Waals surface area contributed by atoms with Gasteiger partial charge in [-0.25, -0.2) is 0 Å². The molecule has 10 unspecified atom stereocenters. The van der Waals surface area contributed by atoms with E-state index in [9.17, 15) is 70.2 Å². The van der Waals surface area contributed by atoms with E-state index < -0.39 is 117 Å². The fraction of sp³-hybridized carbons (Fsp3) is 0.727. The lowest BCUT2D eigenvalue weighted by atomic mass is 9.97. The number of carbonyl (C=O) groups excluding carboxylic acids is 2. The number of ketones is 1. The Morgan fingerprint density at radius 1 is 0.685 bits per heavy atom. The Labute approximate surface area is 311 Å². The zero-order valence-electron chi connectivity index (χ0n) is 30.0. The molecule has 21 nitrogen and oxygen atoms in total. The van der Waals surface area contributed by atoms with Crippen molar-refractivity contribution in [1.82, 2.24) is 25.0 Å². The average Bonchev–Trinajstić information content (AvgIpc) is 3.14. The van der Waals surface area contributed by atoms with Crippen molar-refractivity contribution in [2.24, 2.45) is 0 Å². The summed E-state index contributed by atoms with van der Waals surface area (Å²) in [7, 11) is 1.72. The topological polar surface area (TPSA) is 346 Å². The first-order valence-corrected chi connectivity index (χ1v) is 17.4. The minimum Gasteiger partial charge on any atom is -0.480 e. The lowest BCUT2D eigenvalue weighted by molar-refractivity contribution is -0.146. The zero-order valence-corrected chi connectivity index (χ0v) is 30.0. The van der Waals surface area contributed by atoms with Crippen LogP contribution in [0, 0.1) is 0 Å². The van der Waals surface area contributed by atoms with Crippen LogP contribution in [0.5, 0.6) is 0 Å². The van der Waals surface area contributed by atoms with E-state index in [4.69, 9.17) is 10.2 Å². The molecule has 0 saturated heterocycles. The lowest BCUT2D eigenvalue weighted by Gasteiger charge is -2.33. The number of nitrogens with one attached hydrogen (secondary N) is 1. The second-order valence-corrected chi connectivity index (χ2v) is 13.5. The van der Waals surface area contributed by atoms with Gasteiger partial charge in [-0.05, 0) is 25.6 Å². The van der Waals surface area contributed by atoms with Crippen LogP contribution in [0.25, 0.3) is 0 Å². The third kappa shape index (κ3) is 14.7. The minimum atomic E-state index is -1.93. The van der Waals surface area contributed by atoms with Gasteiger partial charge in [-0.2, -0.15) is 0 Å². The number of Topliss-reactive ketones (excluding diaryl/α,β-unsaturated/α-hetero) is 1. The zero-order chi connectivity index (χ0) is 40.7. The Bertz CT molecular complexity index is 1250. The van der Waals surface area contributed by atoms with Crippen LogP contribution < -0.4 is 5.32 Å². The first-order valence-electron chi connectivity index (χ1n) is 17.4. The van der Waals surface area contributed by atoms with Crippen molar-refractivity contribution in [3.63, 3.8) is 0 Å². The summed E-state index contributed by atoms with van der Waals surface area (Å²) >= 11 is 0. The van der Waals surface area contributed by atoms with E-state index in [1.165, 1.54) is 4.90 Å². The fourth-order valence-corrected chi connectivity index (χ4v) is 5.78. The minimum absolute atomic E-state index is 0.0263. The van der Waals surface area contributed by atoms with Crippen molar-refractivity contribution in [3.8, 4) is 0 Å². The van der Waals surface area contributed by atoms with Gasteiger partial charge in [0.15, 0.2) is 0 Å². The summed E-state index contributed by atoms with van der Waals surface area (Å²) in [6.45, 7) is -1.68. The number of carbonyl (C=O) groups is 4. The van der Waals surface area contributed by atoms with Crippen molar-refractivity contribution < 1.29 is 80.5 Å². The van der Waals surface area contributed by atoms with Crippen LogP contribution in [0.2, 0.25) is 0 Å². The largest absolute Gasteiger partial charge is 0.480 e. The Kier molecular flexibility index (Phi) is 19.9. The van der Waals surface area contributed by atoms with Gasteiger partial charge in [0.05, 0.1) is 43.2 Å². The lowest BCUT2D eigenvalue weighted by Crippen LogP contribution is -2.51. The molecule has 1 aromatic rings. The Balaban J connectivity index is 2.18. The number of pyridine rings is 1. The van der Waals surface area contributed by atoms with E-state index in [2.05, 4.69) is 10.3 Å². The molecular formula is C33H55N5O16. The summed E-state index contributed by atoms with van der Waals surface area (Å²) in [6.07, 6.45) is -16.2. The highest BCUT2D eigenvalue weighted by atomic mass is 16.4. The number of hydrogen-bond donors (Lipinski definition) is 13. The summed E-state index contributed by atoms with van der Waals surface area (Å²) in [5.74, 6) is -4.00. The van der Waals surface area contributed by atoms with Crippen molar-refractivity contribution in [3.05, 3.63) is 29.6 Å². The number of aromatic nitrogens is 1. The maximum Gasteiger partial charge on any atom is 0.321 e. The number of aliphatic hydroxyl groups excluding tert-OH is 10. The van der Waals surface area contributed by atoms with Gasteiger partial charge in [0, 0.05) is 58.7 Å². The molecular weight excluding hydrogens is 722 g/mol. The molecule has 1 amide bonds. The molecule has 2 heterocycles. The van der Waals surface area contributed by atoms with Crippen LogP contribution in [-0.4, -0.2) is 218 Å². The van der Waals surface area contributed by atoms with Gasteiger partial charge in [0.25, 0.3) is 0 Å². The fourth-order valence-electron chi connectivity index (χ4n) is 5.78. The molecule has 0 aromatic carbocycles. The molecule has 0 radical (unpaired) electrons. The van der Waals surface area contributed by atoms with Gasteiger partial charge in [-0.3, -0.25) is 34.0 Å². The second kappa shape index (κ2) is 22.9. The SMILES string of the molecule is CN1CCN(C(CC(=O)CCC(O)C(O)C(O)C(O)CO)C(=O)O)Cc2cccc(n2)CN(C(CC(=O)NCC(O)C(O)C(O)C(O)CO)C(=O)O)CC1. The van der Waals surface area contributed by atoms with Crippen molar-refractivity contribution in [1.29, 1.82) is 0 Å². The Morgan fingerprint density at radius 3 is 1.59 bits per heavy atom. The van der Waals surface area contributed by atoms with Gasteiger partial charge in [0.1, 0.15) is 54.5 Å². The number of aliphatic hydroxyl groups is 10. The number of fused-ring (bicyclic) bond motifs is 2. The summed E-state index contributed by atoms with van der Waals surface area (Å²) < 4.78 is 0. The Morgan fingerprint density at radius 2 is 1.13 bits per heavy atom. The van der Waals surface area contributed by atoms with Crippen LogP contribution in [0.3, 0.4) is 0 Å². The normalized spacial score (nSPS) is 20.8. The quantitative estimate of drug-likeness (QED) is 0.0552. The standard InChI is InChI=1S/C33H55N5O16/c1-36-7-9-37(21(32(51)52)11-20(41)5-6-23(42)28(47)30(49)25(44)16-39)14-18-3-2-4-19(35-18)15-38(10-8-36)22(33(53)54)12-27(46)34-13-24(43)29(48)31(50)26(45)17-40/h2-4,21-26,28-31,39-40,42-45,47-50H,5-17H2,1H3,(H,34,46)(H,51,52)(H,53,54). The first-order chi connectivity index (χ1) is 25.4. The van der Waals surface area contributed by atoms with E-state index in [1.807, 2.05) is 0 Å². The number of nitrogens with zero attached hydrogens (tertiary/aromatic N) is 4. The smallest absolute Gasteiger partial charge is 0.321 e. The third-order valence-corrected chi connectivity index (χ3v) is 9.26. The van der Waals surface area contributed by atoms with Crippen molar-refractivity contribution in [2.45, 2.75) is 99.7 Å². The number of hydrogen-bond acceptors (Lipinski definition) is 18. The van der Waals surface area contributed by atoms with Crippen LogP contribution in [0.1, 0.15) is 37.1 Å². The molecule has 0 spiro atoms. The van der Waals surface area contributed by atoms with Gasteiger partial charge < -0.3 is 71.5 Å². The van der Waals surface area contributed by atoms with Crippen LogP contribution in [0.15, 0.2) is 18.2 Å². The third-order valence-electron chi connectivity index (χ3n) is 9.26. The number of likely N-dealkylation sites (N-methyl/N-ethyl adjacent to an activating group) is 1. The molecule has 0 fully saturated rings. The maximum atomic E-state index is 12.9. The van der Waals surface area contributed by atoms with E-state index in [0.717, 1.165) is 0 Å². The number of carboxylic acid groups (broad SMARTS) is 2. The number of amides is 1. The van der Waals surface area contributed by atoms with Gasteiger partial charge in [0.2, 0.25) is 5.91 Å². The average molecular weight is 778 g/mol. The van der Waals surface area contributed by atoms with E-state index >= 15 is 0 Å². The van der Waals surface area contributed by atoms with E-state index in [-0.39, 0.29) is 52.1 Å². The highest BCUT2D eigenvalue weighted by Crippen LogP contribution is 2.18. The highest BCUT2D eigenvalue weighted by molar-refractivity contribution is 5.86. The van der Waals surface area contributed by atoms with Crippen LogP contribution >= 0.6 is 0 Å². The number of aliphatic carboxylic acids is 2. The molecule has 1 aliphatic rings. The molecule has 54 heavy (non-hydrogen) atoms. The van der Waals surface area contributed by atoms with Crippen molar-refractivity contribution >= 4 is 23.6 Å². The second-order valence-electron chi connectivity index (χ2n) is 13.5. The molecule has 10 atom stereocenters. The monoisotopic (exact) mass is 777 g/mol. The maximum absolute atomic E-state index is 12.9. The molecule has 2 bridgehead atoms. The summed E-state index contributed by atoms with van der Waals surface area (Å²) in [6, 6.07) is 2.18. The molecule has 0 aliphatic carbocycles. The first kappa shape index (κ1) is 46.9.